The average molecular weight is 415 g/mol. The molecule has 4 rings (SSSR count). The molecule has 0 radical (unpaired) electrons. The van der Waals surface area contributed by atoms with Crippen molar-refractivity contribution in [3.05, 3.63) is 101 Å². The molecule has 0 amide bonds. The van der Waals surface area contributed by atoms with Crippen LogP contribution in [0.2, 0.25) is 0 Å². The highest BCUT2D eigenvalue weighted by Gasteiger charge is 2.18. The highest BCUT2D eigenvalue weighted by Crippen LogP contribution is 2.28. The summed E-state index contributed by atoms with van der Waals surface area (Å²) in [5.41, 5.74) is 9.25. The molecule has 6 nitrogen and oxygen atoms in total. The predicted molar refractivity (Wildman–Crippen MR) is 120 cm³/mol. The summed E-state index contributed by atoms with van der Waals surface area (Å²) in [6.45, 7) is 0.399. The number of nitrogens with zero attached hydrogens (tertiary/aromatic N) is 3. The number of nitrogens with one attached hydrogen (secondary N) is 1. The summed E-state index contributed by atoms with van der Waals surface area (Å²) in [5.74, 6) is 0.0289. The van der Waals surface area contributed by atoms with Crippen LogP contribution < -0.4 is 16.6 Å². The summed E-state index contributed by atoms with van der Waals surface area (Å²) < 4.78 is 14.9. The Morgan fingerprint density at radius 1 is 1.00 bits per heavy atom. The average Bonchev–Trinajstić information content (AvgIpc) is 2.81. The predicted octanol–water partition coefficient (Wildman–Crippen LogP) is 3.76. The van der Waals surface area contributed by atoms with Crippen molar-refractivity contribution in [2.75, 3.05) is 11.9 Å². The van der Waals surface area contributed by atoms with Crippen LogP contribution in [0.5, 0.6) is 0 Å². The van der Waals surface area contributed by atoms with E-state index in [2.05, 4.69) is 10.3 Å². The zero-order valence-electron chi connectivity index (χ0n) is 17.0. The van der Waals surface area contributed by atoms with Crippen LogP contribution in [0.3, 0.4) is 0 Å². The molecule has 0 fully saturated rings. The number of benzene rings is 2. The van der Waals surface area contributed by atoms with Crippen molar-refractivity contribution < 1.29 is 4.39 Å². The number of anilines is 1. The fraction of sp³-hybridized carbons (Fsp3) is 0.125. The molecular formula is C24H22FN5O. The number of rotatable bonds is 6. The Labute approximate surface area is 179 Å². The lowest BCUT2D eigenvalue weighted by atomic mass is 10.0. The molecule has 2 heterocycles. The van der Waals surface area contributed by atoms with E-state index >= 15 is 0 Å². The van der Waals surface area contributed by atoms with Crippen LogP contribution in [0.4, 0.5) is 10.3 Å². The first-order chi connectivity index (χ1) is 15.0. The second-order valence-corrected chi connectivity index (χ2v) is 7.16. The molecular weight excluding hydrogens is 393 g/mol. The van der Waals surface area contributed by atoms with Gasteiger partial charge in [-0.05, 0) is 35.4 Å². The smallest absolute Gasteiger partial charge is 0.263 e. The van der Waals surface area contributed by atoms with Crippen LogP contribution in [0.15, 0.2) is 83.9 Å². The maximum atomic E-state index is 13.5. The molecule has 2 aromatic heterocycles. The van der Waals surface area contributed by atoms with Gasteiger partial charge < -0.3 is 11.1 Å². The molecule has 4 aromatic rings. The van der Waals surface area contributed by atoms with Crippen LogP contribution in [0.1, 0.15) is 11.6 Å². The topological polar surface area (TPSA) is 85.8 Å². The van der Waals surface area contributed by atoms with Crippen molar-refractivity contribution in [3.63, 3.8) is 0 Å². The molecule has 0 saturated heterocycles. The molecule has 0 saturated carbocycles. The number of nitrogens with two attached hydrogens (primary N) is 1. The summed E-state index contributed by atoms with van der Waals surface area (Å²) in [6.07, 6.45) is 3.28. The number of halogens is 1. The molecule has 0 aliphatic rings. The molecule has 7 heteroatoms. The van der Waals surface area contributed by atoms with Crippen LogP contribution in [0.25, 0.3) is 22.4 Å². The Bertz CT molecular complexity index is 1220. The van der Waals surface area contributed by atoms with E-state index in [0.29, 0.717) is 29.3 Å². The van der Waals surface area contributed by atoms with Crippen LogP contribution >= 0.6 is 0 Å². The SMILES string of the molecule is Cn1c(NC[C@@H](N)c2ccccc2)nc(-c2ccncc2)c(-c2ccc(F)cc2)c1=O. The first kappa shape index (κ1) is 20.4. The third-order valence-corrected chi connectivity index (χ3v) is 5.09. The van der Waals surface area contributed by atoms with Gasteiger partial charge in [-0.2, -0.15) is 0 Å². The van der Waals surface area contributed by atoms with E-state index in [1.807, 2.05) is 30.3 Å². The summed E-state index contributed by atoms with van der Waals surface area (Å²) in [6, 6.07) is 18.8. The van der Waals surface area contributed by atoms with Gasteiger partial charge >= 0.3 is 0 Å². The van der Waals surface area contributed by atoms with Gasteiger partial charge in [0.1, 0.15) is 5.82 Å². The Morgan fingerprint density at radius 3 is 2.35 bits per heavy atom. The third-order valence-electron chi connectivity index (χ3n) is 5.09. The van der Waals surface area contributed by atoms with E-state index in [-0.39, 0.29) is 17.4 Å². The van der Waals surface area contributed by atoms with Gasteiger partial charge in [0.15, 0.2) is 0 Å². The molecule has 31 heavy (non-hydrogen) atoms. The minimum Gasteiger partial charge on any atom is -0.354 e. The quantitative estimate of drug-likeness (QED) is 0.501. The molecule has 0 aliphatic heterocycles. The Hall–Kier alpha value is -3.84. The van der Waals surface area contributed by atoms with Gasteiger partial charge in [0.2, 0.25) is 5.95 Å². The van der Waals surface area contributed by atoms with Crippen molar-refractivity contribution >= 4 is 5.95 Å². The molecule has 156 valence electrons. The summed E-state index contributed by atoms with van der Waals surface area (Å²) >= 11 is 0. The standard InChI is InChI=1S/C24H22FN5O/c1-30-23(31)21(17-7-9-19(25)10-8-17)22(18-11-13-27-14-12-18)29-24(30)28-15-20(26)16-5-3-2-4-6-16/h2-14,20H,15,26H2,1H3,(H,28,29)/t20-/m1/s1. The highest BCUT2D eigenvalue weighted by molar-refractivity contribution is 5.80. The van der Waals surface area contributed by atoms with Gasteiger partial charge in [0, 0.05) is 37.6 Å². The van der Waals surface area contributed by atoms with Crippen molar-refractivity contribution in [1.29, 1.82) is 0 Å². The summed E-state index contributed by atoms with van der Waals surface area (Å²) in [5, 5.41) is 3.20. The van der Waals surface area contributed by atoms with E-state index in [1.165, 1.54) is 16.7 Å². The highest BCUT2D eigenvalue weighted by atomic mass is 19.1. The van der Waals surface area contributed by atoms with E-state index in [4.69, 9.17) is 10.7 Å². The fourth-order valence-corrected chi connectivity index (χ4v) is 3.37. The molecule has 2 aromatic carbocycles. The van der Waals surface area contributed by atoms with Crippen molar-refractivity contribution in [2.24, 2.45) is 12.8 Å². The number of hydrogen-bond donors (Lipinski definition) is 2. The van der Waals surface area contributed by atoms with E-state index in [0.717, 1.165) is 11.1 Å². The van der Waals surface area contributed by atoms with Crippen molar-refractivity contribution in [3.8, 4) is 22.4 Å². The first-order valence-electron chi connectivity index (χ1n) is 9.86. The zero-order valence-corrected chi connectivity index (χ0v) is 17.0. The number of pyridine rings is 1. The first-order valence-corrected chi connectivity index (χ1v) is 9.86. The largest absolute Gasteiger partial charge is 0.354 e. The molecule has 0 bridgehead atoms. The van der Waals surface area contributed by atoms with E-state index in [9.17, 15) is 9.18 Å². The van der Waals surface area contributed by atoms with Gasteiger partial charge in [-0.25, -0.2) is 9.37 Å². The van der Waals surface area contributed by atoms with Gasteiger partial charge in [-0.1, -0.05) is 42.5 Å². The maximum absolute atomic E-state index is 13.5. The molecule has 3 N–H and O–H groups in total. The minimum absolute atomic E-state index is 0.246. The lowest BCUT2D eigenvalue weighted by Crippen LogP contribution is -2.28. The maximum Gasteiger partial charge on any atom is 0.263 e. The third kappa shape index (κ3) is 4.36. The fourth-order valence-electron chi connectivity index (χ4n) is 3.37. The van der Waals surface area contributed by atoms with Crippen molar-refractivity contribution in [1.82, 2.24) is 14.5 Å². The normalized spacial score (nSPS) is 11.8. The lowest BCUT2D eigenvalue weighted by Gasteiger charge is -2.18. The molecule has 1 atom stereocenters. The number of hydrogen-bond acceptors (Lipinski definition) is 5. The van der Waals surface area contributed by atoms with E-state index < -0.39 is 0 Å². The van der Waals surface area contributed by atoms with Crippen LogP contribution in [0, 0.1) is 5.82 Å². The van der Waals surface area contributed by atoms with Gasteiger partial charge in [-0.15, -0.1) is 0 Å². The monoisotopic (exact) mass is 415 g/mol. The Balaban J connectivity index is 1.77. The van der Waals surface area contributed by atoms with Crippen molar-refractivity contribution in [2.45, 2.75) is 6.04 Å². The van der Waals surface area contributed by atoms with Gasteiger partial charge in [-0.3, -0.25) is 14.3 Å². The van der Waals surface area contributed by atoms with Gasteiger partial charge in [0.25, 0.3) is 5.56 Å². The number of aromatic nitrogens is 3. The van der Waals surface area contributed by atoms with Gasteiger partial charge in [0.05, 0.1) is 11.3 Å². The molecule has 0 aliphatic carbocycles. The van der Waals surface area contributed by atoms with E-state index in [1.54, 1.807) is 43.7 Å². The lowest BCUT2D eigenvalue weighted by molar-refractivity contribution is 0.628. The second kappa shape index (κ2) is 8.89. The molecule has 0 unspecified atom stereocenters. The Morgan fingerprint density at radius 2 is 1.68 bits per heavy atom. The summed E-state index contributed by atoms with van der Waals surface area (Å²) in [4.78, 5) is 22.1. The minimum atomic E-state index is -0.368. The Kier molecular flexibility index (Phi) is 5.86. The zero-order chi connectivity index (χ0) is 21.8. The molecule has 0 spiro atoms. The van der Waals surface area contributed by atoms with Crippen LogP contribution in [-0.2, 0) is 7.05 Å². The second-order valence-electron chi connectivity index (χ2n) is 7.16. The van der Waals surface area contributed by atoms with Crippen LogP contribution in [-0.4, -0.2) is 21.1 Å². The summed E-state index contributed by atoms with van der Waals surface area (Å²) in [7, 11) is 1.65.